The van der Waals surface area contributed by atoms with E-state index in [-0.39, 0.29) is 5.54 Å². The molecule has 1 nitrogen and oxygen atoms in total. The van der Waals surface area contributed by atoms with Crippen LogP contribution in [-0.4, -0.2) is 5.71 Å². The van der Waals surface area contributed by atoms with Gasteiger partial charge in [-0.25, -0.2) is 0 Å². The van der Waals surface area contributed by atoms with Crippen LogP contribution >= 0.6 is 0 Å². The van der Waals surface area contributed by atoms with Gasteiger partial charge in [-0.1, -0.05) is 50.6 Å². The fraction of sp³-hybridized carbons (Fsp3) is 0.588. The highest BCUT2D eigenvalue weighted by Crippen LogP contribution is 2.48. The quantitative estimate of drug-likeness (QED) is 0.648. The van der Waals surface area contributed by atoms with Gasteiger partial charge in [-0.3, -0.25) is 4.99 Å². The van der Waals surface area contributed by atoms with Crippen LogP contribution in [0, 0.1) is 5.41 Å². The topological polar surface area (TPSA) is 12.4 Å². The molecule has 0 atom stereocenters. The molecule has 0 heterocycles. The molecule has 0 aromatic heterocycles. The van der Waals surface area contributed by atoms with Crippen molar-refractivity contribution in [1.82, 2.24) is 0 Å². The van der Waals surface area contributed by atoms with Crippen molar-refractivity contribution in [1.29, 1.82) is 0 Å². The molecule has 1 aromatic carbocycles. The average Bonchev–Trinajstić information content (AvgIpc) is 3.09. The summed E-state index contributed by atoms with van der Waals surface area (Å²) in [5.41, 5.74) is 3.04. The lowest BCUT2D eigenvalue weighted by atomic mass is 9.92. The fourth-order valence-corrected chi connectivity index (χ4v) is 2.45. The first-order valence-corrected chi connectivity index (χ1v) is 7.13. The Morgan fingerprint density at radius 2 is 1.83 bits per heavy atom. The molecule has 0 amide bonds. The molecule has 98 valence electrons. The third kappa shape index (κ3) is 2.82. The van der Waals surface area contributed by atoms with Crippen molar-refractivity contribution in [2.75, 3.05) is 0 Å². The Hall–Kier alpha value is -1.11. The van der Waals surface area contributed by atoms with Crippen LogP contribution in [0.25, 0.3) is 0 Å². The van der Waals surface area contributed by atoms with E-state index in [0.29, 0.717) is 5.41 Å². The number of hydrogen-bond acceptors (Lipinski definition) is 1. The maximum Gasteiger partial charge on any atom is 0.0800 e. The van der Waals surface area contributed by atoms with Gasteiger partial charge in [0.1, 0.15) is 0 Å². The van der Waals surface area contributed by atoms with Crippen LogP contribution in [0.2, 0.25) is 0 Å². The summed E-state index contributed by atoms with van der Waals surface area (Å²) >= 11 is 0. The van der Waals surface area contributed by atoms with Crippen LogP contribution in [0.4, 0.5) is 0 Å². The molecule has 1 aliphatic carbocycles. The van der Waals surface area contributed by atoms with Gasteiger partial charge in [0.05, 0.1) is 5.54 Å². The lowest BCUT2D eigenvalue weighted by molar-refractivity contribution is 0.545. The van der Waals surface area contributed by atoms with E-state index in [4.69, 9.17) is 4.99 Å². The Bertz CT molecular complexity index is 424. The number of nitrogens with zero attached hydrogens (tertiary/aromatic N) is 1. The van der Waals surface area contributed by atoms with Crippen LogP contribution in [0.5, 0.6) is 0 Å². The van der Waals surface area contributed by atoms with Crippen LogP contribution < -0.4 is 0 Å². The largest absolute Gasteiger partial charge is 0.283 e. The molecule has 1 aliphatic rings. The second-order valence-electron chi connectivity index (χ2n) is 6.29. The van der Waals surface area contributed by atoms with Crippen LogP contribution in [0.1, 0.15) is 58.9 Å². The first-order valence-electron chi connectivity index (χ1n) is 7.13. The molecular weight excluding hydrogens is 218 g/mol. The lowest BCUT2D eigenvalue weighted by Crippen LogP contribution is -2.21. The first-order chi connectivity index (χ1) is 8.48. The number of aliphatic imine (C=N–C) groups is 1. The SMILES string of the molecule is CCCC(=NC(C)(C)c1ccccc1)C1(C)CC1. The molecule has 1 aromatic rings. The van der Waals surface area contributed by atoms with Gasteiger partial charge in [-0.2, -0.15) is 0 Å². The highest BCUT2D eigenvalue weighted by atomic mass is 14.9. The zero-order valence-electron chi connectivity index (χ0n) is 12.2. The molecule has 0 radical (unpaired) electrons. The summed E-state index contributed by atoms with van der Waals surface area (Å²) in [6.07, 6.45) is 4.97. The van der Waals surface area contributed by atoms with Crippen molar-refractivity contribution in [3.05, 3.63) is 35.9 Å². The lowest BCUT2D eigenvalue weighted by Gasteiger charge is -2.25. The summed E-state index contributed by atoms with van der Waals surface area (Å²) in [4.78, 5) is 5.12. The fourth-order valence-electron chi connectivity index (χ4n) is 2.45. The third-order valence-corrected chi connectivity index (χ3v) is 4.08. The van der Waals surface area contributed by atoms with Crippen LogP contribution in [0.15, 0.2) is 35.3 Å². The van der Waals surface area contributed by atoms with E-state index in [2.05, 4.69) is 58.0 Å². The van der Waals surface area contributed by atoms with Gasteiger partial charge in [0, 0.05) is 11.1 Å². The summed E-state index contributed by atoms with van der Waals surface area (Å²) < 4.78 is 0. The van der Waals surface area contributed by atoms with E-state index >= 15 is 0 Å². The molecule has 0 N–H and O–H groups in total. The monoisotopic (exact) mass is 243 g/mol. The van der Waals surface area contributed by atoms with Gasteiger partial charge in [0.2, 0.25) is 0 Å². The molecule has 18 heavy (non-hydrogen) atoms. The second-order valence-corrected chi connectivity index (χ2v) is 6.29. The molecule has 2 rings (SSSR count). The van der Waals surface area contributed by atoms with E-state index in [1.54, 1.807) is 0 Å². The zero-order chi connectivity index (χ0) is 13.2. The van der Waals surface area contributed by atoms with E-state index in [1.165, 1.54) is 30.5 Å². The standard InChI is InChI=1S/C17H25N/c1-5-9-15(17(4)12-13-17)18-16(2,3)14-10-7-6-8-11-14/h6-8,10-11H,5,9,12-13H2,1-4H3. The smallest absolute Gasteiger partial charge is 0.0800 e. The van der Waals surface area contributed by atoms with Gasteiger partial charge in [-0.15, -0.1) is 0 Å². The molecule has 0 unspecified atom stereocenters. The van der Waals surface area contributed by atoms with E-state index in [1.807, 2.05) is 0 Å². The van der Waals surface area contributed by atoms with Crippen molar-refractivity contribution in [3.63, 3.8) is 0 Å². The molecule has 1 fully saturated rings. The Morgan fingerprint density at radius 3 is 2.33 bits per heavy atom. The van der Waals surface area contributed by atoms with Crippen molar-refractivity contribution >= 4 is 5.71 Å². The van der Waals surface area contributed by atoms with Gasteiger partial charge in [-0.05, 0) is 38.7 Å². The molecule has 1 heteroatoms. The minimum absolute atomic E-state index is 0.0998. The number of benzene rings is 1. The van der Waals surface area contributed by atoms with Crippen molar-refractivity contribution in [2.24, 2.45) is 10.4 Å². The van der Waals surface area contributed by atoms with Crippen molar-refractivity contribution in [2.45, 2.75) is 58.9 Å². The summed E-state index contributed by atoms with van der Waals surface area (Å²) in [5.74, 6) is 0. The number of rotatable bonds is 5. The highest BCUT2D eigenvalue weighted by molar-refractivity contribution is 5.92. The van der Waals surface area contributed by atoms with Crippen LogP contribution in [0.3, 0.4) is 0 Å². The van der Waals surface area contributed by atoms with Crippen molar-refractivity contribution in [3.8, 4) is 0 Å². The second kappa shape index (κ2) is 4.87. The van der Waals surface area contributed by atoms with Crippen molar-refractivity contribution < 1.29 is 0 Å². The maximum absolute atomic E-state index is 5.12. The third-order valence-electron chi connectivity index (χ3n) is 4.08. The number of hydrogen-bond donors (Lipinski definition) is 0. The summed E-state index contributed by atoms with van der Waals surface area (Å²) in [5, 5.41) is 0. The van der Waals surface area contributed by atoms with E-state index < -0.39 is 0 Å². The predicted octanol–water partition coefficient (Wildman–Crippen LogP) is 4.96. The minimum Gasteiger partial charge on any atom is -0.283 e. The molecule has 1 saturated carbocycles. The van der Waals surface area contributed by atoms with Crippen LogP contribution in [-0.2, 0) is 5.54 Å². The Labute approximate surface area is 111 Å². The normalized spacial score (nSPS) is 18.8. The highest BCUT2D eigenvalue weighted by Gasteiger charge is 2.42. The Morgan fingerprint density at radius 1 is 1.22 bits per heavy atom. The maximum atomic E-state index is 5.12. The van der Waals surface area contributed by atoms with E-state index in [9.17, 15) is 0 Å². The summed E-state index contributed by atoms with van der Waals surface area (Å²) in [7, 11) is 0. The van der Waals surface area contributed by atoms with Gasteiger partial charge >= 0.3 is 0 Å². The molecular formula is C17H25N. The summed E-state index contributed by atoms with van der Waals surface area (Å²) in [6, 6.07) is 10.6. The minimum atomic E-state index is -0.0998. The molecule has 0 spiro atoms. The van der Waals surface area contributed by atoms with Gasteiger partial charge < -0.3 is 0 Å². The Balaban J connectivity index is 2.28. The zero-order valence-corrected chi connectivity index (χ0v) is 12.2. The molecule has 0 bridgehead atoms. The molecule has 0 aliphatic heterocycles. The van der Waals surface area contributed by atoms with Gasteiger partial charge in [0.25, 0.3) is 0 Å². The first kappa shape index (κ1) is 13.3. The Kier molecular flexibility index (Phi) is 3.61. The predicted molar refractivity (Wildman–Crippen MR) is 79.2 cm³/mol. The molecule has 0 saturated heterocycles. The average molecular weight is 243 g/mol. The summed E-state index contributed by atoms with van der Waals surface area (Å²) in [6.45, 7) is 9.06. The van der Waals surface area contributed by atoms with Gasteiger partial charge in [0.15, 0.2) is 0 Å². The van der Waals surface area contributed by atoms with E-state index in [0.717, 1.165) is 6.42 Å².